The molecule has 5 nitrogen and oxygen atoms in total. The van der Waals surface area contributed by atoms with Gasteiger partial charge in [-0.15, -0.1) is 0 Å². The van der Waals surface area contributed by atoms with Crippen LogP contribution in [0.5, 0.6) is 0 Å². The van der Waals surface area contributed by atoms with Crippen LogP contribution in [0.2, 0.25) is 5.02 Å². The van der Waals surface area contributed by atoms with E-state index in [1.165, 1.54) is 6.26 Å². The predicted octanol–water partition coefficient (Wildman–Crippen LogP) is 4.08. The van der Waals surface area contributed by atoms with Gasteiger partial charge in [0.15, 0.2) is 15.8 Å². The lowest BCUT2D eigenvalue weighted by molar-refractivity contribution is 0.509. The number of rotatable bonds is 7. The summed E-state index contributed by atoms with van der Waals surface area (Å²) in [7, 11) is -3.22. The van der Waals surface area contributed by atoms with E-state index in [1.54, 1.807) is 13.0 Å². The number of nitrogens with one attached hydrogen (secondary N) is 2. The van der Waals surface area contributed by atoms with Crippen LogP contribution in [0.3, 0.4) is 0 Å². The molecule has 2 aromatic rings. The molecule has 0 amide bonds. The Morgan fingerprint density at radius 3 is 2.41 bits per heavy atom. The van der Waals surface area contributed by atoms with Gasteiger partial charge in [-0.05, 0) is 42.7 Å². The van der Waals surface area contributed by atoms with Crippen LogP contribution in [0.15, 0.2) is 52.4 Å². The summed E-state index contributed by atoms with van der Waals surface area (Å²) in [4.78, 5) is 5.01. The predicted molar refractivity (Wildman–Crippen MR) is 122 cm³/mol. The van der Waals surface area contributed by atoms with Crippen LogP contribution in [0.4, 0.5) is 0 Å². The number of nitrogens with zero attached hydrogens (tertiary/aromatic N) is 1. The van der Waals surface area contributed by atoms with Gasteiger partial charge in [-0.1, -0.05) is 55.8 Å². The molecule has 0 aliphatic rings. The lowest BCUT2D eigenvalue weighted by Gasteiger charge is -2.27. The van der Waals surface area contributed by atoms with Gasteiger partial charge in [-0.25, -0.2) is 13.4 Å². The van der Waals surface area contributed by atoms with Crippen molar-refractivity contribution in [1.82, 2.24) is 10.6 Å². The molecule has 0 aromatic heterocycles. The lowest BCUT2D eigenvalue weighted by atomic mass is 9.84. The third-order valence-corrected chi connectivity index (χ3v) is 6.29. The van der Waals surface area contributed by atoms with E-state index >= 15 is 0 Å². The molecule has 0 fully saturated rings. The number of hydrogen-bond acceptors (Lipinski definition) is 3. The minimum Gasteiger partial charge on any atom is -0.357 e. The highest BCUT2D eigenvalue weighted by Crippen LogP contribution is 2.29. The Balaban J connectivity index is 2.12. The van der Waals surface area contributed by atoms with Crippen molar-refractivity contribution in [2.75, 3.05) is 19.3 Å². The minimum absolute atomic E-state index is 0.178. The summed E-state index contributed by atoms with van der Waals surface area (Å²) in [5, 5.41) is 7.40. The maximum absolute atomic E-state index is 11.8. The van der Waals surface area contributed by atoms with Gasteiger partial charge in [0.1, 0.15) is 0 Å². The van der Waals surface area contributed by atoms with E-state index in [4.69, 9.17) is 11.6 Å². The number of halogens is 1. The fourth-order valence-corrected chi connectivity index (χ4v) is 4.50. The van der Waals surface area contributed by atoms with Gasteiger partial charge in [0, 0.05) is 29.8 Å². The Bertz CT molecular complexity index is 985. The molecule has 0 spiro atoms. The molecule has 0 saturated heterocycles. The SMILES string of the molecule is CCNC(=NCc1ccc(S(C)(=O)=O)c(C)c1)NCC(C)(C)c1ccccc1Cl. The largest absolute Gasteiger partial charge is 0.357 e. The van der Waals surface area contributed by atoms with Crippen molar-refractivity contribution in [2.45, 2.75) is 44.6 Å². The fraction of sp³-hybridized carbons (Fsp3) is 0.409. The second kappa shape index (κ2) is 9.63. The standard InChI is InChI=1S/C22H30ClN3O2S/c1-6-24-21(26-15-22(3,4)18-9-7-8-10-19(18)23)25-14-17-11-12-20(16(2)13-17)29(5,27)28/h7-13H,6,14-15H2,1-5H3,(H2,24,25,26). The van der Waals surface area contributed by atoms with Crippen LogP contribution in [0, 0.1) is 6.92 Å². The number of hydrogen-bond donors (Lipinski definition) is 2. The van der Waals surface area contributed by atoms with E-state index in [0.717, 1.165) is 28.3 Å². The van der Waals surface area contributed by atoms with Crippen molar-refractivity contribution >= 4 is 27.4 Å². The van der Waals surface area contributed by atoms with Crippen molar-refractivity contribution in [3.05, 3.63) is 64.2 Å². The van der Waals surface area contributed by atoms with Crippen molar-refractivity contribution < 1.29 is 8.42 Å². The molecule has 29 heavy (non-hydrogen) atoms. The van der Waals surface area contributed by atoms with Crippen molar-refractivity contribution in [3.8, 4) is 0 Å². The van der Waals surface area contributed by atoms with Gasteiger partial charge < -0.3 is 10.6 Å². The molecule has 0 bridgehead atoms. The minimum atomic E-state index is -3.22. The third kappa shape index (κ3) is 6.47. The third-order valence-electron chi connectivity index (χ3n) is 4.70. The Hall–Kier alpha value is -2.05. The Morgan fingerprint density at radius 2 is 1.83 bits per heavy atom. The van der Waals surface area contributed by atoms with Crippen molar-refractivity contribution in [2.24, 2.45) is 4.99 Å². The smallest absolute Gasteiger partial charge is 0.191 e. The van der Waals surface area contributed by atoms with Crippen molar-refractivity contribution in [3.63, 3.8) is 0 Å². The Labute approximate surface area is 179 Å². The van der Waals surface area contributed by atoms with E-state index in [-0.39, 0.29) is 5.41 Å². The zero-order chi connectivity index (χ0) is 21.7. The molecule has 0 saturated carbocycles. The maximum Gasteiger partial charge on any atom is 0.191 e. The zero-order valence-corrected chi connectivity index (χ0v) is 19.3. The normalized spacial score (nSPS) is 12.7. The molecule has 2 aromatic carbocycles. The lowest BCUT2D eigenvalue weighted by Crippen LogP contribution is -2.43. The van der Waals surface area contributed by atoms with Gasteiger partial charge in [-0.3, -0.25) is 0 Å². The van der Waals surface area contributed by atoms with E-state index in [0.29, 0.717) is 23.9 Å². The molecule has 158 valence electrons. The second-order valence-electron chi connectivity index (χ2n) is 7.78. The van der Waals surface area contributed by atoms with E-state index in [1.807, 2.05) is 43.3 Å². The molecule has 0 aliphatic heterocycles. The maximum atomic E-state index is 11.8. The first-order chi connectivity index (χ1) is 13.5. The molecule has 0 unspecified atom stereocenters. The first kappa shape index (κ1) is 23.2. The second-order valence-corrected chi connectivity index (χ2v) is 10.2. The highest BCUT2D eigenvalue weighted by atomic mass is 35.5. The molecule has 7 heteroatoms. The summed E-state index contributed by atoms with van der Waals surface area (Å²) >= 11 is 6.37. The number of guanidine groups is 1. The average Bonchev–Trinajstić information content (AvgIpc) is 2.63. The zero-order valence-electron chi connectivity index (χ0n) is 17.7. The van der Waals surface area contributed by atoms with E-state index < -0.39 is 9.84 Å². The number of aliphatic imine (C=N–C) groups is 1. The van der Waals surface area contributed by atoms with E-state index in [9.17, 15) is 8.42 Å². The number of benzene rings is 2. The van der Waals surface area contributed by atoms with Crippen LogP contribution in [-0.2, 0) is 21.8 Å². The Kier molecular flexibility index (Phi) is 7.72. The molecule has 0 radical (unpaired) electrons. The molecular weight excluding hydrogens is 406 g/mol. The van der Waals surface area contributed by atoms with Gasteiger partial charge in [0.25, 0.3) is 0 Å². The Morgan fingerprint density at radius 1 is 1.14 bits per heavy atom. The summed E-state index contributed by atoms with van der Waals surface area (Å²) in [6.07, 6.45) is 1.22. The topological polar surface area (TPSA) is 70.6 Å². The monoisotopic (exact) mass is 435 g/mol. The van der Waals surface area contributed by atoms with E-state index in [2.05, 4.69) is 29.5 Å². The van der Waals surface area contributed by atoms with Gasteiger partial charge in [-0.2, -0.15) is 0 Å². The quantitative estimate of drug-likeness (QED) is 0.507. The van der Waals surface area contributed by atoms with Crippen LogP contribution in [-0.4, -0.2) is 33.7 Å². The number of sulfone groups is 1. The fourth-order valence-electron chi connectivity index (χ4n) is 3.15. The molecule has 2 N–H and O–H groups in total. The summed E-state index contributed by atoms with van der Waals surface area (Å²) in [6, 6.07) is 13.2. The number of aryl methyl sites for hydroxylation is 1. The molecule has 0 heterocycles. The van der Waals surface area contributed by atoms with Gasteiger partial charge in [0.2, 0.25) is 0 Å². The van der Waals surface area contributed by atoms with Crippen LogP contribution in [0.25, 0.3) is 0 Å². The highest BCUT2D eigenvalue weighted by molar-refractivity contribution is 7.90. The first-order valence-electron chi connectivity index (χ1n) is 9.61. The summed E-state index contributed by atoms with van der Waals surface area (Å²) < 4.78 is 23.6. The highest BCUT2D eigenvalue weighted by Gasteiger charge is 2.23. The molecular formula is C22H30ClN3O2S. The molecule has 0 atom stereocenters. The molecule has 0 aliphatic carbocycles. The van der Waals surface area contributed by atoms with Gasteiger partial charge in [0.05, 0.1) is 11.4 Å². The summed E-state index contributed by atoms with van der Waals surface area (Å²) in [5.41, 5.74) is 2.59. The van der Waals surface area contributed by atoms with Gasteiger partial charge >= 0.3 is 0 Å². The van der Waals surface area contributed by atoms with Crippen LogP contribution < -0.4 is 10.6 Å². The van der Waals surface area contributed by atoms with Crippen molar-refractivity contribution in [1.29, 1.82) is 0 Å². The summed E-state index contributed by atoms with van der Waals surface area (Å²) in [6.45, 7) is 9.95. The first-order valence-corrected chi connectivity index (χ1v) is 11.9. The molecule has 2 rings (SSSR count). The average molecular weight is 436 g/mol. The van der Waals surface area contributed by atoms with Crippen LogP contribution in [0.1, 0.15) is 37.5 Å². The summed E-state index contributed by atoms with van der Waals surface area (Å²) in [5.74, 6) is 0.706. The van der Waals surface area contributed by atoms with Crippen LogP contribution >= 0.6 is 11.6 Å².